The van der Waals surface area contributed by atoms with Gasteiger partial charge in [0.1, 0.15) is 5.75 Å². The van der Waals surface area contributed by atoms with Crippen molar-refractivity contribution in [1.82, 2.24) is 0 Å². The van der Waals surface area contributed by atoms with Crippen LogP contribution < -0.4 is 4.74 Å². The summed E-state index contributed by atoms with van der Waals surface area (Å²) < 4.78 is 27.4. The van der Waals surface area contributed by atoms with E-state index >= 15 is 0 Å². The number of aryl methyl sites for hydroxylation is 1. The molecule has 4 heteroatoms. The second-order valence-corrected chi connectivity index (χ2v) is 4.97. The van der Waals surface area contributed by atoms with Crippen molar-refractivity contribution in [2.24, 2.45) is 0 Å². The first-order chi connectivity index (χ1) is 5.93. The first kappa shape index (κ1) is 10.1. The second-order valence-electron chi connectivity index (χ2n) is 2.96. The molecule has 0 N–H and O–H groups in total. The number of ether oxygens (including phenoxy) is 1. The third-order valence-corrected chi connectivity index (χ3v) is 2.78. The maximum atomic E-state index is 11.2. The number of hydrogen-bond acceptors (Lipinski definition) is 3. The third-order valence-electron chi connectivity index (χ3n) is 1.69. The van der Waals surface area contributed by atoms with Gasteiger partial charge in [0.05, 0.1) is 12.0 Å². The van der Waals surface area contributed by atoms with Gasteiger partial charge in [-0.3, -0.25) is 0 Å². The van der Waals surface area contributed by atoms with Gasteiger partial charge in [0.25, 0.3) is 0 Å². The standard InChI is InChI=1S/C9H12O3S/c1-7-4-8(12-2)6-9(5-7)13(3,10)11/h4-6H,1-3H3. The third kappa shape index (κ3) is 2.45. The van der Waals surface area contributed by atoms with Crippen molar-refractivity contribution < 1.29 is 13.2 Å². The van der Waals surface area contributed by atoms with Crippen molar-refractivity contribution in [3.05, 3.63) is 23.8 Å². The van der Waals surface area contributed by atoms with Crippen molar-refractivity contribution in [2.75, 3.05) is 13.4 Å². The number of benzene rings is 1. The average Bonchev–Trinajstić information content (AvgIpc) is 2.01. The van der Waals surface area contributed by atoms with E-state index in [2.05, 4.69) is 0 Å². The van der Waals surface area contributed by atoms with Crippen LogP contribution >= 0.6 is 0 Å². The molecule has 0 bridgehead atoms. The highest BCUT2D eigenvalue weighted by Crippen LogP contribution is 2.19. The lowest BCUT2D eigenvalue weighted by Gasteiger charge is -2.04. The van der Waals surface area contributed by atoms with E-state index in [0.29, 0.717) is 10.6 Å². The fourth-order valence-corrected chi connectivity index (χ4v) is 1.78. The Morgan fingerprint density at radius 3 is 2.31 bits per heavy atom. The average molecular weight is 200 g/mol. The number of methoxy groups -OCH3 is 1. The summed E-state index contributed by atoms with van der Waals surface area (Å²) in [6.45, 7) is 1.83. The Hall–Kier alpha value is -1.03. The van der Waals surface area contributed by atoms with E-state index in [1.165, 1.54) is 19.4 Å². The van der Waals surface area contributed by atoms with Crippen LogP contribution in [0.4, 0.5) is 0 Å². The molecule has 0 aliphatic heterocycles. The molecule has 0 saturated carbocycles. The topological polar surface area (TPSA) is 43.4 Å². The predicted octanol–water partition coefficient (Wildman–Crippen LogP) is 1.41. The van der Waals surface area contributed by atoms with Gasteiger partial charge >= 0.3 is 0 Å². The molecule has 72 valence electrons. The summed E-state index contributed by atoms with van der Waals surface area (Å²) in [4.78, 5) is 0.296. The minimum Gasteiger partial charge on any atom is -0.497 e. The fraction of sp³-hybridized carbons (Fsp3) is 0.333. The Morgan fingerprint density at radius 1 is 1.23 bits per heavy atom. The number of sulfone groups is 1. The van der Waals surface area contributed by atoms with Crippen LogP contribution in [0.15, 0.2) is 23.1 Å². The van der Waals surface area contributed by atoms with Gasteiger partial charge in [0, 0.05) is 6.26 Å². The lowest BCUT2D eigenvalue weighted by Crippen LogP contribution is -1.98. The molecule has 0 amide bonds. The maximum absolute atomic E-state index is 11.2. The fourth-order valence-electron chi connectivity index (χ4n) is 1.05. The minimum atomic E-state index is -3.14. The highest BCUT2D eigenvalue weighted by molar-refractivity contribution is 7.90. The van der Waals surface area contributed by atoms with Gasteiger partial charge in [-0.15, -0.1) is 0 Å². The molecule has 0 fully saturated rings. The van der Waals surface area contributed by atoms with Crippen molar-refractivity contribution in [1.29, 1.82) is 0 Å². The summed E-state index contributed by atoms with van der Waals surface area (Å²) in [6.07, 6.45) is 1.18. The van der Waals surface area contributed by atoms with Crippen molar-refractivity contribution >= 4 is 9.84 Å². The zero-order valence-electron chi connectivity index (χ0n) is 7.87. The molecule has 0 spiro atoms. The predicted molar refractivity (Wildman–Crippen MR) is 50.8 cm³/mol. The molecule has 0 aromatic heterocycles. The molecule has 0 heterocycles. The van der Waals surface area contributed by atoms with E-state index in [1.807, 2.05) is 6.92 Å². The SMILES string of the molecule is COc1cc(C)cc(S(C)(=O)=O)c1. The zero-order valence-corrected chi connectivity index (χ0v) is 8.68. The summed E-state index contributed by atoms with van der Waals surface area (Å²) in [5.74, 6) is 0.570. The zero-order chi connectivity index (χ0) is 10.1. The van der Waals surface area contributed by atoms with Crippen molar-refractivity contribution in [2.45, 2.75) is 11.8 Å². The van der Waals surface area contributed by atoms with Gasteiger partial charge in [-0.25, -0.2) is 8.42 Å². The quantitative estimate of drug-likeness (QED) is 0.725. The Bertz CT molecular complexity index is 407. The summed E-state index contributed by atoms with van der Waals surface area (Å²) >= 11 is 0. The van der Waals surface area contributed by atoms with E-state index in [1.54, 1.807) is 12.1 Å². The molecule has 3 nitrogen and oxygen atoms in total. The minimum absolute atomic E-state index is 0.296. The molecule has 0 saturated heterocycles. The molecule has 0 radical (unpaired) electrons. The number of hydrogen-bond donors (Lipinski definition) is 0. The first-order valence-electron chi connectivity index (χ1n) is 3.79. The van der Waals surface area contributed by atoms with Crippen molar-refractivity contribution in [3.63, 3.8) is 0 Å². The molecule has 0 unspecified atom stereocenters. The van der Waals surface area contributed by atoms with Crippen LogP contribution in [0.3, 0.4) is 0 Å². The maximum Gasteiger partial charge on any atom is 0.175 e. The summed E-state index contributed by atoms with van der Waals surface area (Å²) in [5, 5.41) is 0. The van der Waals surface area contributed by atoms with Gasteiger partial charge in [0.2, 0.25) is 0 Å². The van der Waals surface area contributed by atoms with Crippen LogP contribution in [0.5, 0.6) is 5.75 Å². The van der Waals surface area contributed by atoms with E-state index in [9.17, 15) is 8.42 Å². The molecule has 1 aromatic rings. The smallest absolute Gasteiger partial charge is 0.175 e. The van der Waals surface area contributed by atoms with E-state index in [-0.39, 0.29) is 0 Å². The van der Waals surface area contributed by atoms with Crippen LogP contribution in [0.1, 0.15) is 5.56 Å². The number of rotatable bonds is 2. The van der Waals surface area contributed by atoms with Gasteiger partial charge in [-0.05, 0) is 30.7 Å². The van der Waals surface area contributed by atoms with E-state index in [4.69, 9.17) is 4.74 Å². The molecule has 1 aromatic carbocycles. The first-order valence-corrected chi connectivity index (χ1v) is 5.68. The Labute approximate surface area is 78.3 Å². The molecule has 0 atom stereocenters. The van der Waals surface area contributed by atoms with Crippen LogP contribution in [-0.2, 0) is 9.84 Å². The summed E-state index contributed by atoms with van der Waals surface area (Å²) in [5.41, 5.74) is 0.875. The molecule has 13 heavy (non-hydrogen) atoms. The Morgan fingerprint density at radius 2 is 1.85 bits per heavy atom. The molecular weight excluding hydrogens is 188 g/mol. The second kappa shape index (κ2) is 3.38. The normalized spacial score (nSPS) is 11.3. The molecule has 0 aliphatic carbocycles. The van der Waals surface area contributed by atoms with Gasteiger partial charge in [-0.2, -0.15) is 0 Å². The highest BCUT2D eigenvalue weighted by atomic mass is 32.2. The molecule has 1 rings (SSSR count). The van der Waals surface area contributed by atoms with E-state index < -0.39 is 9.84 Å². The Kier molecular flexibility index (Phi) is 2.61. The molecular formula is C9H12O3S. The van der Waals surface area contributed by atoms with Crippen LogP contribution in [0.25, 0.3) is 0 Å². The lowest BCUT2D eigenvalue weighted by atomic mass is 10.2. The van der Waals surface area contributed by atoms with E-state index in [0.717, 1.165) is 5.56 Å². The highest BCUT2D eigenvalue weighted by Gasteiger charge is 2.08. The van der Waals surface area contributed by atoms with Crippen LogP contribution in [0.2, 0.25) is 0 Å². The molecule has 0 aliphatic rings. The van der Waals surface area contributed by atoms with Gasteiger partial charge in [-0.1, -0.05) is 0 Å². The van der Waals surface area contributed by atoms with Crippen molar-refractivity contribution in [3.8, 4) is 5.75 Å². The lowest BCUT2D eigenvalue weighted by molar-refractivity contribution is 0.413. The summed E-state index contributed by atoms with van der Waals surface area (Å²) in [6, 6.07) is 4.93. The van der Waals surface area contributed by atoms with Crippen LogP contribution in [0, 0.1) is 6.92 Å². The van der Waals surface area contributed by atoms with Gasteiger partial charge < -0.3 is 4.74 Å². The monoisotopic (exact) mass is 200 g/mol. The van der Waals surface area contributed by atoms with Gasteiger partial charge in [0.15, 0.2) is 9.84 Å². The van der Waals surface area contributed by atoms with Crippen LogP contribution in [-0.4, -0.2) is 21.8 Å². The summed E-state index contributed by atoms with van der Waals surface area (Å²) in [7, 11) is -1.62. The largest absolute Gasteiger partial charge is 0.497 e. The Balaban J connectivity index is 3.33.